The first-order chi connectivity index (χ1) is 11.0. The molecular formula is C19H33N3O. The topological polar surface area (TPSA) is 44.4 Å². The molecule has 23 heavy (non-hydrogen) atoms. The Labute approximate surface area is 141 Å². The van der Waals surface area contributed by atoms with Crippen LogP contribution in [0.2, 0.25) is 0 Å². The predicted octanol–water partition coefficient (Wildman–Crippen LogP) is 3.81. The lowest BCUT2D eigenvalue weighted by Gasteiger charge is -2.22. The molecule has 0 aliphatic heterocycles. The van der Waals surface area contributed by atoms with Crippen molar-refractivity contribution in [3.63, 3.8) is 0 Å². The Bertz CT molecular complexity index is 482. The molecule has 0 radical (unpaired) electrons. The molecule has 1 aromatic carbocycles. The third-order valence-electron chi connectivity index (χ3n) is 4.05. The van der Waals surface area contributed by atoms with Crippen molar-refractivity contribution in [1.82, 2.24) is 5.32 Å². The Morgan fingerprint density at radius 3 is 2.43 bits per heavy atom. The zero-order valence-electron chi connectivity index (χ0n) is 15.4. The van der Waals surface area contributed by atoms with Crippen LogP contribution in [0.15, 0.2) is 18.2 Å². The fraction of sp³-hybridized carbons (Fsp3) is 0.632. The fourth-order valence-corrected chi connectivity index (χ4v) is 2.53. The zero-order valence-corrected chi connectivity index (χ0v) is 15.4. The van der Waals surface area contributed by atoms with E-state index in [9.17, 15) is 4.79 Å². The summed E-state index contributed by atoms with van der Waals surface area (Å²) in [5.74, 6) is 0.746. The predicted molar refractivity (Wildman–Crippen MR) is 100 cm³/mol. The van der Waals surface area contributed by atoms with Crippen LogP contribution in [0.3, 0.4) is 0 Å². The second-order valence-electron chi connectivity index (χ2n) is 6.38. The normalized spacial score (nSPS) is 10.7. The number of hydrogen-bond acceptors (Lipinski definition) is 3. The van der Waals surface area contributed by atoms with E-state index >= 15 is 0 Å². The average molecular weight is 319 g/mol. The standard InChI is InChI=1S/C19H33N3O/c1-6-22(7-2)17-8-9-18(16(5)14-17)20-13-11-19(23)21-12-10-15(3)4/h8-9,14-15,20H,6-7,10-13H2,1-5H3,(H,21,23). The monoisotopic (exact) mass is 319 g/mol. The number of hydrogen-bond donors (Lipinski definition) is 2. The molecule has 1 rings (SSSR count). The van der Waals surface area contributed by atoms with E-state index < -0.39 is 0 Å². The van der Waals surface area contributed by atoms with Gasteiger partial charge in [0.15, 0.2) is 0 Å². The molecule has 0 unspecified atom stereocenters. The van der Waals surface area contributed by atoms with Crippen molar-refractivity contribution in [3.8, 4) is 0 Å². The third-order valence-corrected chi connectivity index (χ3v) is 4.05. The number of carbonyl (C=O) groups is 1. The van der Waals surface area contributed by atoms with Crippen LogP contribution in [0.4, 0.5) is 11.4 Å². The van der Waals surface area contributed by atoms with Crippen molar-refractivity contribution in [3.05, 3.63) is 23.8 Å². The van der Waals surface area contributed by atoms with Gasteiger partial charge >= 0.3 is 0 Å². The van der Waals surface area contributed by atoms with E-state index in [1.807, 2.05) is 0 Å². The maximum absolute atomic E-state index is 11.8. The van der Waals surface area contributed by atoms with Crippen molar-refractivity contribution in [2.45, 2.75) is 47.5 Å². The van der Waals surface area contributed by atoms with E-state index in [1.165, 1.54) is 11.3 Å². The van der Waals surface area contributed by atoms with Crippen molar-refractivity contribution in [2.24, 2.45) is 5.92 Å². The summed E-state index contributed by atoms with van der Waals surface area (Å²) in [6, 6.07) is 6.46. The first-order valence-corrected chi connectivity index (χ1v) is 8.84. The van der Waals surface area contributed by atoms with Gasteiger partial charge in [-0.2, -0.15) is 0 Å². The highest BCUT2D eigenvalue weighted by molar-refractivity contribution is 5.76. The van der Waals surface area contributed by atoms with Gasteiger partial charge in [-0.05, 0) is 56.9 Å². The van der Waals surface area contributed by atoms with E-state index in [1.54, 1.807) is 0 Å². The highest BCUT2D eigenvalue weighted by atomic mass is 16.1. The quantitative estimate of drug-likeness (QED) is 0.689. The Hall–Kier alpha value is -1.71. The number of benzene rings is 1. The summed E-state index contributed by atoms with van der Waals surface area (Å²) >= 11 is 0. The van der Waals surface area contributed by atoms with Crippen LogP contribution in [0.25, 0.3) is 0 Å². The van der Waals surface area contributed by atoms with Crippen molar-refractivity contribution in [2.75, 3.05) is 36.4 Å². The largest absolute Gasteiger partial charge is 0.384 e. The smallest absolute Gasteiger partial charge is 0.221 e. The average Bonchev–Trinajstić information content (AvgIpc) is 2.50. The van der Waals surface area contributed by atoms with E-state index in [4.69, 9.17) is 0 Å². The molecular weight excluding hydrogens is 286 g/mol. The van der Waals surface area contributed by atoms with Crippen molar-refractivity contribution < 1.29 is 4.79 Å². The van der Waals surface area contributed by atoms with Gasteiger partial charge in [0.05, 0.1) is 0 Å². The van der Waals surface area contributed by atoms with Crippen LogP contribution in [0.5, 0.6) is 0 Å². The summed E-state index contributed by atoms with van der Waals surface area (Å²) in [6.07, 6.45) is 1.54. The molecule has 0 aromatic heterocycles. The number of aryl methyl sites for hydroxylation is 1. The molecule has 2 N–H and O–H groups in total. The molecule has 0 atom stereocenters. The van der Waals surface area contributed by atoms with E-state index in [0.717, 1.165) is 31.7 Å². The van der Waals surface area contributed by atoms with Crippen LogP contribution >= 0.6 is 0 Å². The van der Waals surface area contributed by atoms with Gasteiger partial charge in [0.2, 0.25) is 5.91 Å². The van der Waals surface area contributed by atoms with Gasteiger partial charge in [0.1, 0.15) is 0 Å². The maximum atomic E-state index is 11.8. The molecule has 0 aliphatic rings. The molecule has 130 valence electrons. The number of amides is 1. The molecule has 1 aromatic rings. The maximum Gasteiger partial charge on any atom is 0.221 e. The summed E-state index contributed by atoms with van der Waals surface area (Å²) in [4.78, 5) is 14.1. The van der Waals surface area contributed by atoms with Gasteiger partial charge in [0, 0.05) is 44.0 Å². The van der Waals surface area contributed by atoms with Gasteiger partial charge in [-0.3, -0.25) is 4.79 Å². The lowest BCUT2D eigenvalue weighted by Crippen LogP contribution is -2.27. The molecule has 4 heteroatoms. The Balaban J connectivity index is 2.42. The van der Waals surface area contributed by atoms with Crippen LogP contribution in [-0.2, 0) is 4.79 Å². The highest BCUT2D eigenvalue weighted by Crippen LogP contribution is 2.22. The summed E-state index contributed by atoms with van der Waals surface area (Å²) < 4.78 is 0. The van der Waals surface area contributed by atoms with E-state index in [0.29, 0.717) is 18.9 Å². The fourth-order valence-electron chi connectivity index (χ4n) is 2.53. The van der Waals surface area contributed by atoms with Crippen molar-refractivity contribution >= 4 is 17.3 Å². The minimum absolute atomic E-state index is 0.121. The van der Waals surface area contributed by atoms with Gasteiger partial charge in [-0.25, -0.2) is 0 Å². The molecule has 0 saturated carbocycles. The number of anilines is 2. The van der Waals surface area contributed by atoms with Crippen LogP contribution in [0, 0.1) is 12.8 Å². The lowest BCUT2D eigenvalue weighted by atomic mass is 10.1. The second kappa shape index (κ2) is 10.1. The molecule has 0 heterocycles. The Kier molecular flexibility index (Phi) is 8.52. The summed E-state index contributed by atoms with van der Waals surface area (Å²) in [7, 11) is 0. The van der Waals surface area contributed by atoms with E-state index in [-0.39, 0.29) is 5.91 Å². The zero-order chi connectivity index (χ0) is 17.2. The Morgan fingerprint density at radius 2 is 1.87 bits per heavy atom. The molecule has 4 nitrogen and oxygen atoms in total. The van der Waals surface area contributed by atoms with Crippen LogP contribution in [0.1, 0.15) is 46.1 Å². The third kappa shape index (κ3) is 6.93. The lowest BCUT2D eigenvalue weighted by molar-refractivity contribution is -0.120. The molecule has 0 aliphatic carbocycles. The SMILES string of the molecule is CCN(CC)c1ccc(NCCC(=O)NCCC(C)C)c(C)c1. The number of rotatable bonds is 10. The van der Waals surface area contributed by atoms with Gasteiger partial charge < -0.3 is 15.5 Å². The molecule has 0 spiro atoms. The minimum Gasteiger partial charge on any atom is -0.384 e. The summed E-state index contributed by atoms with van der Waals surface area (Å²) in [5.41, 5.74) is 3.58. The summed E-state index contributed by atoms with van der Waals surface area (Å²) in [6.45, 7) is 14.2. The first-order valence-electron chi connectivity index (χ1n) is 8.84. The molecule has 0 bridgehead atoms. The highest BCUT2D eigenvalue weighted by Gasteiger charge is 2.06. The number of nitrogens with one attached hydrogen (secondary N) is 2. The first kappa shape index (κ1) is 19.3. The summed E-state index contributed by atoms with van der Waals surface area (Å²) in [5, 5.41) is 6.33. The molecule has 0 fully saturated rings. The van der Waals surface area contributed by atoms with Crippen LogP contribution in [-0.4, -0.2) is 32.1 Å². The van der Waals surface area contributed by atoms with Crippen molar-refractivity contribution in [1.29, 1.82) is 0 Å². The van der Waals surface area contributed by atoms with Gasteiger partial charge in [0.25, 0.3) is 0 Å². The molecule has 0 saturated heterocycles. The van der Waals surface area contributed by atoms with Crippen LogP contribution < -0.4 is 15.5 Å². The minimum atomic E-state index is 0.121. The number of carbonyl (C=O) groups excluding carboxylic acids is 1. The second-order valence-corrected chi connectivity index (χ2v) is 6.38. The number of nitrogens with zero attached hydrogens (tertiary/aromatic N) is 1. The van der Waals surface area contributed by atoms with Gasteiger partial charge in [-0.1, -0.05) is 13.8 Å². The Morgan fingerprint density at radius 1 is 1.17 bits per heavy atom. The van der Waals surface area contributed by atoms with E-state index in [2.05, 4.69) is 68.4 Å². The molecule has 1 amide bonds. The van der Waals surface area contributed by atoms with Gasteiger partial charge in [-0.15, -0.1) is 0 Å².